The summed E-state index contributed by atoms with van der Waals surface area (Å²) in [4.78, 5) is 29.2. The van der Waals surface area contributed by atoms with Crippen LogP contribution in [0, 0.1) is 13.8 Å². The Morgan fingerprint density at radius 1 is 0.846 bits per heavy atom. The van der Waals surface area contributed by atoms with Gasteiger partial charge in [-0.15, -0.1) is 0 Å². The molecule has 3 aromatic carbocycles. The highest BCUT2D eigenvalue weighted by Crippen LogP contribution is 2.27. The summed E-state index contributed by atoms with van der Waals surface area (Å²) in [7, 11) is -3.80. The molecule has 0 saturated carbocycles. The van der Waals surface area contributed by atoms with Crippen molar-refractivity contribution in [2.45, 2.75) is 52.6 Å². The Morgan fingerprint density at radius 3 is 1.95 bits per heavy atom. The normalized spacial score (nSPS) is 12.0. The quantitative estimate of drug-likeness (QED) is 0.315. The van der Waals surface area contributed by atoms with Crippen LogP contribution in [0.2, 0.25) is 0 Å². The van der Waals surface area contributed by atoms with Gasteiger partial charge < -0.3 is 10.2 Å². The summed E-state index contributed by atoms with van der Waals surface area (Å²) in [6.07, 6.45) is 3.16. The minimum atomic E-state index is -3.80. The van der Waals surface area contributed by atoms with E-state index in [0.717, 1.165) is 45.7 Å². The number of rotatable bonds is 13. The molecule has 7 nitrogen and oxygen atoms in total. The van der Waals surface area contributed by atoms with Gasteiger partial charge >= 0.3 is 0 Å². The molecule has 39 heavy (non-hydrogen) atoms. The topological polar surface area (TPSA) is 86.8 Å². The number of hydrogen-bond donors (Lipinski definition) is 1. The number of para-hydroxylation sites is 1. The number of benzene rings is 3. The number of unbranched alkanes of at least 4 members (excludes halogenated alkanes) is 1. The molecular weight excluding hydrogens is 510 g/mol. The standard InChI is InChI=1S/C31H39N3O4S/c1-5-6-20-32-31(36)28(21-26-16-9-7-10-17-26)33(22-27-18-11-8-12-19-27)29(35)23-34(39(4,37)38)30-24(2)14-13-15-25(30)3/h7-19,28H,5-6,20-23H2,1-4H3,(H,32,36)/t28-/m0/s1. The molecule has 0 saturated heterocycles. The molecule has 0 aliphatic rings. The maximum atomic E-state index is 14.1. The zero-order valence-corrected chi connectivity index (χ0v) is 24.1. The summed E-state index contributed by atoms with van der Waals surface area (Å²) >= 11 is 0. The zero-order chi connectivity index (χ0) is 28.4. The van der Waals surface area contributed by atoms with Crippen LogP contribution in [0.4, 0.5) is 5.69 Å². The summed E-state index contributed by atoms with van der Waals surface area (Å²) < 4.78 is 27.2. The molecule has 0 bridgehead atoms. The Hall–Kier alpha value is -3.65. The van der Waals surface area contributed by atoms with E-state index in [9.17, 15) is 18.0 Å². The van der Waals surface area contributed by atoms with Crippen LogP contribution >= 0.6 is 0 Å². The second-order valence-corrected chi connectivity index (χ2v) is 11.8. The average molecular weight is 550 g/mol. The molecule has 3 rings (SSSR count). The maximum absolute atomic E-state index is 14.1. The first-order chi connectivity index (χ1) is 18.6. The zero-order valence-electron chi connectivity index (χ0n) is 23.3. The van der Waals surface area contributed by atoms with Crippen molar-refractivity contribution in [3.63, 3.8) is 0 Å². The van der Waals surface area contributed by atoms with Gasteiger partial charge in [0.15, 0.2) is 0 Å². The lowest BCUT2D eigenvalue weighted by atomic mass is 10.0. The Balaban J connectivity index is 2.05. The number of hydrogen-bond acceptors (Lipinski definition) is 4. The monoisotopic (exact) mass is 549 g/mol. The predicted octanol–water partition coefficient (Wildman–Crippen LogP) is 4.63. The third-order valence-electron chi connectivity index (χ3n) is 6.66. The van der Waals surface area contributed by atoms with Gasteiger partial charge in [0, 0.05) is 19.5 Å². The molecule has 208 valence electrons. The molecule has 3 aromatic rings. The second kappa shape index (κ2) is 13.9. The van der Waals surface area contributed by atoms with Gasteiger partial charge in [0.25, 0.3) is 0 Å². The van der Waals surface area contributed by atoms with Crippen molar-refractivity contribution < 1.29 is 18.0 Å². The number of anilines is 1. The highest BCUT2D eigenvalue weighted by molar-refractivity contribution is 7.92. The summed E-state index contributed by atoms with van der Waals surface area (Å²) in [5.41, 5.74) is 3.75. The van der Waals surface area contributed by atoms with E-state index in [-0.39, 0.29) is 12.5 Å². The molecule has 2 amide bonds. The van der Waals surface area contributed by atoms with E-state index >= 15 is 0 Å². The van der Waals surface area contributed by atoms with E-state index in [0.29, 0.717) is 18.7 Å². The Bertz CT molecular complexity index is 1320. The largest absolute Gasteiger partial charge is 0.354 e. The number of carbonyl (C=O) groups excluding carboxylic acids is 2. The van der Waals surface area contributed by atoms with Gasteiger partial charge in [0.05, 0.1) is 11.9 Å². The van der Waals surface area contributed by atoms with Crippen molar-refractivity contribution in [2.24, 2.45) is 0 Å². The smallest absolute Gasteiger partial charge is 0.244 e. The molecule has 0 aliphatic carbocycles. The van der Waals surface area contributed by atoms with Crippen LogP contribution in [0.15, 0.2) is 78.9 Å². The van der Waals surface area contributed by atoms with E-state index < -0.39 is 28.5 Å². The molecular formula is C31H39N3O4S. The minimum Gasteiger partial charge on any atom is -0.354 e. The fourth-order valence-electron chi connectivity index (χ4n) is 4.62. The van der Waals surface area contributed by atoms with Crippen LogP contribution in [0.3, 0.4) is 0 Å². The first-order valence-corrected chi connectivity index (χ1v) is 15.2. The van der Waals surface area contributed by atoms with Gasteiger partial charge in [0.2, 0.25) is 21.8 Å². The van der Waals surface area contributed by atoms with Gasteiger partial charge in [0.1, 0.15) is 12.6 Å². The number of nitrogens with zero attached hydrogens (tertiary/aromatic N) is 2. The van der Waals surface area contributed by atoms with E-state index in [2.05, 4.69) is 5.32 Å². The number of carbonyl (C=O) groups is 2. The van der Waals surface area contributed by atoms with E-state index in [1.807, 2.05) is 99.6 Å². The summed E-state index contributed by atoms with van der Waals surface area (Å²) in [6, 6.07) is 23.7. The highest BCUT2D eigenvalue weighted by Gasteiger charge is 2.33. The fourth-order valence-corrected chi connectivity index (χ4v) is 5.58. The molecule has 0 fully saturated rings. The molecule has 1 atom stereocenters. The first kappa shape index (κ1) is 29.9. The van der Waals surface area contributed by atoms with Gasteiger partial charge in [-0.2, -0.15) is 0 Å². The molecule has 0 spiro atoms. The number of sulfonamides is 1. The molecule has 0 aliphatic heterocycles. The number of aryl methyl sites for hydroxylation is 2. The molecule has 8 heteroatoms. The molecule has 1 N–H and O–H groups in total. The van der Waals surface area contributed by atoms with Crippen LogP contribution in [-0.2, 0) is 32.6 Å². The minimum absolute atomic E-state index is 0.169. The molecule has 0 heterocycles. The van der Waals surface area contributed by atoms with E-state index in [1.165, 1.54) is 4.90 Å². The van der Waals surface area contributed by atoms with Crippen LogP contribution in [0.25, 0.3) is 0 Å². The number of nitrogens with one attached hydrogen (secondary N) is 1. The van der Waals surface area contributed by atoms with E-state index in [1.54, 1.807) is 0 Å². The molecule has 0 aromatic heterocycles. The van der Waals surface area contributed by atoms with Crippen molar-refractivity contribution in [1.29, 1.82) is 0 Å². The lowest BCUT2D eigenvalue weighted by Crippen LogP contribution is -2.53. The lowest BCUT2D eigenvalue weighted by molar-refractivity contribution is -0.140. The van der Waals surface area contributed by atoms with Gasteiger partial charge in [-0.1, -0.05) is 92.2 Å². The van der Waals surface area contributed by atoms with Crippen molar-refractivity contribution >= 4 is 27.5 Å². The number of amides is 2. The van der Waals surface area contributed by atoms with Crippen molar-refractivity contribution in [3.05, 3.63) is 101 Å². The van der Waals surface area contributed by atoms with Crippen LogP contribution in [-0.4, -0.2) is 50.5 Å². The van der Waals surface area contributed by atoms with Crippen LogP contribution in [0.5, 0.6) is 0 Å². The summed E-state index contributed by atoms with van der Waals surface area (Å²) in [6.45, 7) is 5.96. The Labute approximate surface area is 232 Å². The SMILES string of the molecule is CCCCNC(=O)[C@H](Cc1ccccc1)N(Cc1ccccc1)C(=O)CN(c1c(C)cccc1C)S(C)(=O)=O. The Kier molecular flexibility index (Phi) is 10.7. The third kappa shape index (κ3) is 8.42. The van der Waals surface area contributed by atoms with Gasteiger partial charge in [-0.05, 0) is 42.5 Å². The van der Waals surface area contributed by atoms with Crippen LogP contribution in [0.1, 0.15) is 42.0 Å². The third-order valence-corrected chi connectivity index (χ3v) is 7.78. The average Bonchev–Trinajstić information content (AvgIpc) is 2.90. The van der Waals surface area contributed by atoms with Gasteiger partial charge in [-0.25, -0.2) is 8.42 Å². The first-order valence-electron chi connectivity index (χ1n) is 13.3. The molecule has 0 unspecified atom stereocenters. The van der Waals surface area contributed by atoms with Crippen LogP contribution < -0.4 is 9.62 Å². The summed E-state index contributed by atoms with van der Waals surface area (Å²) in [5.74, 6) is -0.701. The van der Waals surface area contributed by atoms with Gasteiger partial charge in [-0.3, -0.25) is 13.9 Å². The van der Waals surface area contributed by atoms with E-state index in [4.69, 9.17) is 0 Å². The maximum Gasteiger partial charge on any atom is 0.244 e. The van der Waals surface area contributed by atoms with Crippen molar-refractivity contribution in [1.82, 2.24) is 10.2 Å². The van der Waals surface area contributed by atoms with Crippen molar-refractivity contribution in [2.75, 3.05) is 23.7 Å². The van der Waals surface area contributed by atoms with Crippen molar-refractivity contribution in [3.8, 4) is 0 Å². The second-order valence-electron chi connectivity index (χ2n) is 9.87. The lowest BCUT2D eigenvalue weighted by Gasteiger charge is -2.34. The predicted molar refractivity (Wildman–Crippen MR) is 157 cm³/mol. The highest BCUT2D eigenvalue weighted by atomic mass is 32.2. The summed E-state index contributed by atoms with van der Waals surface area (Å²) in [5, 5.41) is 2.99. The fraction of sp³-hybridized carbons (Fsp3) is 0.355. The Morgan fingerprint density at radius 2 is 1.41 bits per heavy atom. The molecule has 0 radical (unpaired) electrons.